The second-order valence-corrected chi connectivity index (χ2v) is 4.80. The van der Waals surface area contributed by atoms with E-state index < -0.39 is 5.91 Å². The predicted octanol–water partition coefficient (Wildman–Crippen LogP) is 2.60. The summed E-state index contributed by atoms with van der Waals surface area (Å²) < 4.78 is 10.5. The monoisotopic (exact) mass is 310 g/mol. The van der Waals surface area contributed by atoms with Crippen molar-refractivity contribution in [3.05, 3.63) is 65.7 Å². The van der Waals surface area contributed by atoms with Crippen LogP contribution in [0.3, 0.4) is 0 Å². The smallest absolute Gasteiger partial charge is 0.276 e. The van der Waals surface area contributed by atoms with Crippen LogP contribution in [-0.4, -0.2) is 21.0 Å². The number of anilines is 1. The van der Waals surface area contributed by atoms with Gasteiger partial charge in [0.25, 0.3) is 5.91 Å². The molecule has 0 aliphatic heterocycles. The standard InChI is InChI=1S/C16H14N4O3/c1-11-7-15(23-20-11)19-16(21)13-8-14(18-10-17-13)22-9-12-5-3-2-4-6-12/h2-8,10H,9H2,1H3,(H,19,21). The molecule has 0 aliphatic rings. The number of hydrogen-bond donors (Lipinski definition) is 1. The number of ether oxygens (including phenoxy) is 1. The van der Waals surface area contributed by atoms with Crippen LogP contribution in [-0.2, 0) is 6.61 Å². The Kier molecular flexibility index (Phi) is 4.28. The lowest BCUT2D eigenvalue weighted by molar-refractivity contribution is 0.101. The van der Waals surface area contributed by atoms with Gasteiger partial charge >= 0.3 is 0 Å². The second-order valence-electron chi connectivity index (χ2n) is 4.80. The summed E-state index contributed by atoms with van der Waals surface area (Å²) in [6.07, 6.45) is 1.28. The van der Waals surface area contributed by atoms with Gasteiger partial charge in [0.15, 0.2) is 0 Å². The molecular formula is C16H14N4O3. The molecule has 0 radical (unpaired) electrons. The largest absolute Gasteiger partial charge is 0.473 e. The molecule has 3 aromatic rings. The number of amides is 1. The van der Waals surface area contributed by atoms with Crippen molar-refractivity contribution >= 4 is 11.8 Å². The van der Waals surface area contributed by atoms with E-state index in [2.05, 4.69) is 20.4 Å². The van der Waals surface area contributed by atoms with Gasteiger partial charge in [0.2, 0.25) is 11.8 Å². The van der Waals surface area contributed by atoms with Gasteiger partial charge in [-0.15, -0.1) is 0 Å². The van der Waals surface area contributed by atoms with Crippen LogP contribution in [0.25, 0.3) is 0 Å². The molecule has 116 valence electrons. The first-order valence-corrected chi connectivity index (χ1v) is 6.94. The Hall–Kier alpha value is -3.22. The average Bonchev–Trinajstić information content (AvgIpc) is 2.99. The molecule has 7 heteroatoms. The molecule has 0 saturated heterocycles. The van der Waals surface area contributed by atoms with Crippen LogP contribution >= 0.6 is 0 Å². The van der Waals surface area contributed by atoms with E-state index in [1.807, 2.05) is 30.3 Å². The topological polar surface area (TPSA) is 90.1 Å². The van der Waals surface area contributed by atoms with Crippen LogP contribution in [0.4, 0.5) is 5.88 Å². The minimum Gasteiger partial charge on any atom is -0.473 e. The molecule has 2 heterocycles. The Morgan fingerprint density at radius 1 is 1.22 bits per heavy atom. The number of carbonyl (C=O) groups is 1. The molecular weight excluding hydrogens is 296 g/mol. The normalized spacial score (nSPS) is 10.3. The van der Waals surface area contributed by atoms with Crippen molar-refractivity contribution in [2.24, 2.45) is 0 Å². The third kappa shape index (κ3) is 3.91. The first-order chi connectivity index (χ1) is 11.2. The highest BCUT2D eigenvalue weighted by molar-refractivity contribution is 6.02. The van der Waals surface area contributed by atoms with Gasteiger partial charge in [-0.05, 0) is 12.5 Å². The van der Waals surface area contributed by atoms with Crippen molar-refractivity contribution in [1.29, 1.82) is 0 Å². The molecule has 23 heavy (non-hydrogen) atoms. The third-order valence-corrected chi connectivity index (χ3v) is 2.97. The average molecular weight is 310 g/mol. The van der Waals surface area contributed by atoms with Crippen LogP contribution in [0.5, 0.6) is 5.88 Å². The van der Waals surface area contributed by atoms with Crippen molar-refractivity contribution in [3.8, 4) is 5.88 Å². The van der Waals surface area contributed by atoms with Gasteiger partial charge in [0, 0.05) is 12.1 Å². The van der Waals surface area contributed by atoms with E-state index in [1.165, 1.54) is 12.4 Å². The highest BCUT2D eigenvalue weighted by atomic mass is 16.5. The van der Waals surface area contributed by atoms with Crippen LogP contribution in [0.1, 0.15) is 21.7 Å². The van der Waals surface area contributed by atoms with Crippen molar-refractivity contribution in [2.75, 3.05) is 5.32 Å². The number of carbonyl (C=O) groups excluding carboxylic acids is 1. The molecule has 3 rings (SSSR count). The molecule has 7 nitrogen and oxygen atoms in total. The molecule has 0 atom stereocenters. The zero-order chi connectivity index (χ0) is 16.1. The van der Waals surface area contributed by atoms with E-state index >= 15 is 0 Å². The van der Waals surface area contributed by atoms with Gasteiger partial charge < -0.3 is 9.26 Å². The predicted molar refractivity (Wildman–Crippen MR) is 82.0 cm³/mol. The summed E-state index contributed by atoms with van der Waals surface area (Å²) in [5, 5.41) is 6.26. The molecule has 1 aromatic carbocycles. The molecule has 0 fully saturated rings. The maximum absolute atomic E-state index is 12.1. The van der Waals surface area contributed by atoms with Gasteiger partial charge in [-0.25, -0.2) is 9.97 Å². The lowest BCUT2D eigenvalue weighted by atomic mass is 10.2. The molecule has 1 N–H and O–H groups in total. The van der Waals surface area contributed by atoms with E-state index in [4.69, 9.17) is 9.26 Å². The molecule has 0 unspecified atom stereocenters. The fourth-order valence-corrected chi connectivity index (χ4v) is 1.87. The van der Waals surface area contributed by atoms with E-state index in [1.54, 1.807) is 13.0 Å². The van der Waals surface area contributed by atoms with Crippen molar-refractivity contribution in [3.63, 3.8) is 0 Å². The summed E-state index contributed by atoms with van der Waals surface area (Å²) in [7, 11) is 0. The van der Waals surface area contributed by atoms with Crippen molar-refractivity contribution < 1.29 is 14.1 Å². The van der Waals surface area contributed by atoms with Gasteiger partial charge in [-0.2, -0.15) is 0 Å². The Balaban J connectivity index is 1.65. The Morgan fingerprint density at radius 3 is 2.78 bits per heavy atom. The second kappa shape index (κ2) is 6.69. The SMILES string of the molecule is Cc1cc(NC(=O)c2cc(OCc3ccccc3)ncn2)on1. The number of rotatable bonds is 5. The fourth-order valence-electron chi connectivity index (χ4n) is 1.87. The number of aryl methyl sites for hydroxylation is 1. The summed E-state index contributed by atoms with van der Waals surface area (Å²) >= 11 is 0. The first kappa shape index (κ1) is 14.7. The van der Waals surface area contributed by atoms with Crippen LogP contribution < -0.4 is 10.1 Å². The maximum Gasteiger partial charge on any atom is 0.276 e. The van der Waals surface area contributed by atoms with E-state index in [0.717, 1.165) is 5.56 Å². The Morgan fingerprint density at radius 2 is 2.04 bits per heavy atom. The van der Waals surface area contributed by atoms with Crippen LogP contribution in [0.2, 0.25) is 0 Å². The third-order valence-electron chi connectivity index (χ3n) is 2.97. The van der Waals surface area contributed by atoms with Crippen LogP contribution in [0, 0.1) is 6.92 Å². The zero-order valence-corrected chi connectivity index (χ0v) is 12.4. The molecule has 0 saturated carbocycles. The number of benzene rings is 1. The highest BCUT2D eigenvalue weighted by Crippen LogP contribution is 2.13. The first-order valence-electron chi connectivity index (χ1n) is 6.94. The fraction of sp³-hybridized carbons (Fsp3) is 0.125. The lowest BCUT2D eigenvalue weighted by Crippen LogP contribution is -2.13. The van der Waals surface area contributed by atoms with Gasteiger partial charge in [-0.3, -0.25) is 10.1 Å². The minimum atomic E-state index is -0.423. The van der Waals surface area contributed by atoms with Gasteiger partial charge in [0.1, 0.15) is 18.6 Å². The Labute approximate surface area is 132 Å². The molecule has 1 amide bonds. The minimum absolute atomic E-state index is 0.178. The zero-order valence-electron chi connectivity index (χ0n) is 12.4. The molecule has 0 bridgehead atoms. The summed E-state index contributed by atoms with van der Waals surface area (Å²) in [4.78, 5) is 20.0. The number of nitrogens with zero attached hydrogens (tertiary/aromatic N) is 3. The lowest BCUT2D eigenvalue weighted by Gasteiger charge is -2.06. The number of hydrogen-bond acceptors (Lipinski definition) is 6. The molecule has 0 spiro atoms. The van der Waals surface area contributed by atoms with E-state index in [9.17, 15) is 4.79 Å². The highest BCUT2D eigenvalue weighted by Gasteiger charge is 2.12. The van der Waals surface area contributed by atoms with E-state index in [-0.39, 0.29) is 11.6 Å². The number of nitrogens with one attached hydrogen (secondary N) is 1. The molecule has 0 aliphatic carbocycles. The van der Waals surface area contributed by atoms with Gasteiger partial charge in [0.05, 0.1) is 5.69 Å². The van der Waals surface area contributed by atoms with E-state index in [0.29, 0.717) is 18.2 Å². The summed E-state index contributed by atoms with van der Waals surface area (Å²) in [6, 6.07) is 12.8. The summed E-state index contributed by atoms with van der Waals surface area (Å²) in [5.41, 5.74) is 1.86. The summed E-state index contributed by atoms with van der Waals surface area (Å²) in [5.74, 6) is 0.161. The van der Waals surface area contributed by atoms with Gasteiger partial charge in [-0.1, -0.05) is 35.5 Å². The quantitative estimate of drug-likeness (QED) is 0.779. The Bertz CT molecular complexity index is 802. The summed E-state index contributed by atoms with van der Waals surface area (Å²) in [6.45, 7) is 2.12. The van der Waals surface area contributed by atoms with Crippen molar-refractivity contribution in [2.45, 2.75) is 13.5 Å². The molecule has 2 aromatic heterocycles. The van der Waals surface area contributed by atoms with Crippen molar-refractivity contribution in [1.82, 2.24) is 15.1 Å². The number of aromatic nitrogens is 3. The maximum atomic E-state index is 12.1. The van der Waals surface area contributed by atoms with Crippen LogP contribution in [0.15, 0.2) is 53.3 Å².